The average molecular weight is 248 g/mol. The van der Waals surface area contributed by atoms with Crippen LogP contribution in [0.25, 0.3) is 0 Å². The zero-order valence-electron chi connectivity index (χ0n) is 11.2. The van der Waals surface area contributed by atoms with Crippen LogP contribution in [-0.2, 0) is 4.79 Å². The second-order valence-corrected chi connectivity index (χ2v) is 6.67. The fourth-order valence-corrected chi connectivity index (χ4v) is 4.22. The van der Waals surface area contributed by atoms with Gasteiger partial charge in [-0.05, 0) is 36.8 Å². The summed E-state index contributed by atoms with van der Waals surface area (Å²) in [5.74, 6) is 0.243. The Bertz CT molecular complexity index is 502. The van der Waals surface area contributed by atoms with Crippen molar-refractivity contribution in [2.75, 3.05) is 6.61 Å². The molecule has 18 heavy (non-hydrogen) atoms. The van der Waals surface area contributed by atoms with E-state index < -0.39 is 6.10 Å². The Morgan fingerprint density at radius 3 is 2.61 bits per heavy atom. The molecule has 1 saturated carbocycles. The van der Waals surface area contributed by atoms with Crippen molar-refractivity contribution in [3.05, 3.63) is 22.8 Å². The van der Waals surface area contributed by atoms with Gasteiger partial charge in [0, 0.05) is 16.4 Å². The first-order valence-corrected chi connectivity index (χ1v) is 6.60. The van der Waals surface area contributed by atoms with E-state index >= 15 is 0 Å². The van der Waals surface area contributed by atoms with Gasteiger partial charge in [-0.1, -0.05) is 19.9 Å². The Kier molecular flexibility index (Phi) is 2.25. The summed E-state index contributed by atoms with van der Waals surface area (Å²) in [6, 6.07) is 0. The number of aliphatic hydroxyl groups excluding tert-OH is 2. The van der Waals surface area contributed by atoms with E-state index in [1.165, 1.54) is 0 Å². The van der Waals surface area contributed by atoms with Crippen LogP contribution in [-0.4, -0.2) is 28.7 Å². The highest BCUT2D eigenvalue weighted by Gasteiger charge is 2.59. The maximum Gasteiger partial charge on any atom is 0.184 e. The van der Waals surface area contributed by atoms with Gasteiger partial charge in [-0.15, -0.1) is 0 Å². The Hall–Kier alpha value is -0.930. The average Bonchev–Trinajstić information content (AvgIpc) is 2.66. The molecule has 0 aromatic heterocycles. The highest BCUT2D eigenvalue weighted by Crippen LogP contribution is 2.63. The van der Waals surface area contributed by atoms with Crippen LogP contribution in [0.5, 0.6) is 0 Å². The lowest BCUT2D eigenvalue weighted by Gasteiger charge is -2.54. The second kappa shape index (κ2) is 3.34. The number of allylic oxidation sites excluding steroid dienone is 2. The molecule has 0 amide bonds. The van der Waals surface area contributed by atoms with Crippen LogP contribution in [0, 0.1) is 16.7 Å². The third-order valence-corrected chi connectivity index (χ3v) is 5.25. The van der Waals surface area contributed by atoms with Gasteiger partial charge in [0.25, 0.3) is 0 Å². The number of fused-ring (bicyclic) bond motifs is 3. The van der Waals surface area contributed by atoms with E-state index in [0.29, 0.717) is 0 Å². The van der Waals surface area contributed by atoms with Gasteiger partial charge in [0.1, 0.15) is 0 Å². The lowest BCUT2D eigenvalue weighted by Crippen LogP contribution is -2.52. The fraction of sp³-hybridized carbons (Fsp3) is 0.667. The molecule has 3 nitrogen and oxygen atoms in total. The number of ketones is 1. The van der Waals surface area contributed by atoms with E-state index in [-0.39, 0.29) is 29.1 Å². The molecule has 0 aliphatic heterocycles. The van der Waals surface area contributed by atoms with Gasteiger partial charge < -0.3 is 10.2 Å². The zero-order chi connectivity index (χ0) is 13.3. The SMILES string of the molecule is CC1=C2C(O)CC2(C)C2CC(C)(CO)C=C2C1=O. The van der Waals surface area contributed by atoms with Gasteiger partial charge in [-0.25, -0.2) is 0 Å². The maximum atomic E-state index is 12.4. The minimum Gasteiger partial charge on any atom is -0.395 e. The maximum absolute atomic E-state index is 12.4. The van der Waals surface area contributed by atoms with Crippen LogP contribution in [0.1, 0.15) is 33.6 Å². The summed E-state index contributed by atoms with van der Waals surface area (Å²) < 4.78 is 0. The molecule has 0 aromatic carbocycles. The van der Waals surface area contributed by atoms with Crippen molar-refractivity contribution in [3.8, 4) is 0 Å². The van der Waals surface area contributed by atoms with Gasteiger partial charge in [-0.2, -0.15) is 0 Å². The molecule has 1 fully saturated rings. The molecule has 98 valence electrons. The van der Waals surface area contributed by atoms with Crippen molar-refractivity contribution in [3.63, 3.8) is 0 Å². The molecule has 0 radical (unpaired) electrons. The van der Waals surface area contributed by atoms with Gasteiger partial charge in [0.05, 0.1) is 12.7 Å². The third kappa shape index (κ3) is 1.24. The first kappa shape index (κ1) is 12.1. The minimum absolute atomic E-state index is 0.0726. The van der Waals surface area contributed by atoms with Crippen molar-refractivity contribution >= 4 is 5.78 Å². The highest BCUT2D eigenvalue weighted by molar-refractivity contribution is 6.11. The smallest absolute Gasteiger partial charge is 0.184 e. The molecule has 3 rings (SSSR count). The minimum atomic E-state index is -0.443. The number of hydrogen-bond acceptors (Lipinski definition) is 3. The molecule has 4 unspecified atom stereocenters. The molecule has 0 saturated heterocycles. The fourth-order valence-electron chi connectivity index (χ4n) is 4.22. The molecule has 0 heterocycles. The molecule has 0 spiro atoms. The Morgan fingerprint density at radius 2 is 2.06 bits per heavy atom. The Labute approximate surface area is 107 Å². The van der Waals surface area contributed by atoms with E-state index in [2.05, 4.69) is 6.92 Å². The Balaban J connectivity index is 2.11. The number of aliphatic hydroxyl groups is 2. The number of carbonyl (C=O) groups is 1. The summed E-state index contributed by atoms with van der Waals surface area (Å²) >= 11 is 0. The summed E-state index contributed by atoms with van der Waals surface area (Å²) in [7, 11) is 0. The number of carbonyl (C=O) groups excluding carboxylic acids is 1. The monoisotopic (exact) mass is 248 g/mol. The van der Waals surface area contributed by atoms with Crippen LogP contribution in [0.15, 0.2) is 22.8 Å². The van der Waals surface area contributed by atoms with Crippen LogP contribution in [0.4, 0.5) is 0 Å². The lowest BCUT2D eigenvalue weighted by molar-refractivity contribution is -0.115. The van der Waals surface area contributed by atoms with Crippen LogP contribution in [0.2, 0.25) is 0 Å². The topological polar surface area (TPSA) is 57.5 Å². The van der Waals surface area contributed by atoms with Crippen molar-refractivity contribution in [1.29, 1.82) is 0 Å². The summed E-state index contributed by atoms with van der Waals surface area (Å²) in [4.78, 5) is 12.4. The first-order valence-electron chi connectivity index (χ1n) is 6.60. The second-order valence-electron chi connectivity index (χ2n) is 6.67. The van der Waals surface area contributed by atoms with Crippen LogP contribution in [0.3, 0.4) is 0 Å². The molecule has 0 aromatic rings. The summed E-state index contributed by atoms with van der Waals surface area (Å²) in [5.41, 5.74) is 2.17. The molecule has 0 bridgehead atoms. The molecule has 4 atom stereocenters. The first-order chi connectivity index (χ1) is 8.32. The summed E-state index contributed by atoms with van der Waals surface area (Å²) in [6.45, 7) is 6.04. The standard InChI is InChI=1S/C15H20O3/c1-8-12-11(17)6-15(12,3)10-5-14(2,7-16)4-9(10)13(8)18/h4,10-11,16-17H,5-7H2,1-3H3. The number of Topliss-reactive ketones (excluding diaryl/α,β-unsaturated/α-hetero) is 1. The van der Waals surface area contributed by atoms with Crippen molar-refractivity contribution in [2.24, 2.45) is 16.7 Å². The van der Waals surface area contributed by atoms with E-state index in [1.54, 1.807) is 0 Å². The van der Waals surface area contributed by atoms with Gasteiger partial charge in [-0.3, -0.25) is 4.79 Å². The van der Waals surface area contributed by atoms with E-state index in [9.17, 15) is 15.0 Å². The van der Waals surface area contributed by atoms with Crippen LogP contribution >= 0.6 is 0 Å². The highest BCUT2D eigenvalue weighted by atomic mass is 16.3. The number of hydrogen-bond donors (Lipinski definition) is 2. The summed E-state index contributed by atoms with van der Waals surface area (Å²) in [6.07, 6.45) is 3.07. The quantitative estimate of drug-likeness (QED) is 0.741. The van der Waals surface area contributed by atoms with Crippen molar-refractivity contribution in [2.45, 2.75) is 39.7 Å². The van der Waals surface area contributed by atoms with E-state index in [0.717, 1.165) is 29.6 Å². The third-order valence-electron chi connectivity index (χ3n) is 5.25. The lowest BCUT2D eigenvalue weighted by atomic mass is 9.51. The van der Waals surface area contributed by atoms with Crippen molar-refractivity contribution in [1.82, 2.24) is 0 Å². The van der Waals surface area contributed by atoms with Crippen LogP contribution < -0.4 is 0 Å². The van der Waals surface area contributed by atoms with Crippen molar-refractivity contribution < 1.29 is 15.0 Å². The predicted octanol–water partition coefficient (Wildman–Crippen LogP) is 1.60. The molecule has 2 N–H and O–H groups in total. The molecule has 3 aliphatic rings. The largest absolute Gasteiger partial charge is 0.395 e. The molecular formula is C15H20O3. The van der Waals surface area contributed by atoms with Gasteiger partial charge >= 0.3 is 0 Å². The normalized spacial score (nSPS) is 46.5. The van der Waals surface area contributed by atoms with E-state index in [1.807, 2.05) is 19.9 Å². The predicted molar refractivity (Wildman–Crippen MR) is 67.8 cm³/mol. The van der Waals surface area contributed by atoms with E-state index in [4.69, 9.17) is 0 Å². The number of rotatable bonds is 1. The molecular weight excluding hydrogens is 228 g/mol. The Morgan fingerprint density at radius 1 is 1.39 bits per heavy atom. The zero-order valence-corrected chi connectivity index (χ0v) is 11.2. The molecule has 3 aliphatic carbocycles. The summed E-state index contributed by atoms with van der Waals surface area (Å²) in [5, 5.41) is 19.4. The van der Waals surface area contributed by atoms with Gasteiger partial charge in [0.15, 0.2) is 5.78 Å². The van der Waals surface area contributed by atoms with Gasteiger partial charge in [0.2, 0.25) is 0 Å². The molecule has 3 heteroatoms.